The predicted octanol–water partition coefficient (Wildman–Crippen LogP) is 3.71. The van der Waals surface area contributed by atoms with Crippen molar-refractivity contribution in [2.24, 2.45) is 23.7 Å². The third kappa shape index (κ3) is 2.91. The van der Waals surface area contributed by atoms with Gasteiger partial charge in [-0.15, -0.1) is 11.3 Å². The summed E-state index contributed by atoms with van der Waals surface area (Å²) in [4.78, 5) is 28.7. The number of thiophene rings is 1. The maximum atomic E-state index is 13.3. The first-order valence-electron chi connectivity index (χ1n) is 10.1. The van der Waals surface area contributed by atoms with Crippen LogP contribution < -0.4 is 0 Å². The highest BCUT2D eigenvalue weighted by molar-refractivity contribution is 7.09. The number of carbonyl (C=O) groups excluding carboxylic acids is 2. The normalized spacial score (nSPS) is 35.6. The number of phenols is 1. The molecular formula is C22H22ClNO5S. The summed E-state index contributed by atoms with van der Waals surface area (Å²) < 4.78 is 6.11. The SMILES string of the molecule is C[C@H]1C[C@@H]2C(=O)N(Cc3cccs3)C(=O)[C@@H]2[C@@H]2C[C@@H](c3ccc(O)cc3Cl)O[C@]12O. The van der Waals surface area contributed by atoms with E-state index < -0.39 is 29.6 Å². The van der Waals surface area contributed by atoms with Gasteiger partial charge in [-0.05, 0) is 42.0 Å². The number of ether oxygens (including phenoxy) is 1. The van der Waals surface area contributed by atoms with Gasteiger partial charge in [0.05, 0.1) is 29.5 Å². The lowest BCUT2D eigenvalue weighted by Crippen LogP contribution is -2.52. The fraction of sp³-hybridized carbons (Fsp3) is 0.455. The second-order valence-electron chi connectivity index (χ2n) is 8.52. The molecule has 6 nitrogen and oxygen atoms in total. The Morgan fingerprint density at radius 3 is 2.77 bits per heavy atom. The van der Waals surface area contributed by atoms with Crippen molar-refractivity contribution in [3.05, 3.63) is 51.2 Å². The van der Waals surface area contributed by atoms with Gasteiger partial charge < -0.3 is 14.9 Å². The zero-order valence-corrected chi connectivity index (χ0v) is 17.9. The lowest BCUT2D eigenvalue weighted by Gasteiger charge is -2.43. The molecule has 6 atom stereocenters. The van der Waals surface area contributed by atoms with Gasteiger partial charge in [0.2, 0.25) is 11.8 Å². The Labute approximate surface area is 183 Å². The Balaban J connectivity index is 1.47. The van der Waals surface area contributed by atoms with Gasteiger partial charge in [-0.1, -0.05) is 30.7 Å². The Morgan fingerprint density at radius 1 is 1.27 bits per heavy atom. The number of halogens is 1. The maximum absolute atomic E-state index is 13.3. The molecule has 1 aliphatic carbocycles. The predicted molar refractivity (Wildman–Crippen MR) is 111 cm³/mol. The third-order valence-electron chi connectivity index (χ3n) is 6.87. The van der Waals surface area contributed by atoms with Gasteiger partial charge >= 0.3 is 0 Å². The zero-order valence-electron chi connectivity index (χ0n) is 16.3. The van der Waals surface area contributed by atoms with E-state index in [1.165, 1.54) is 28.4 Å². The maximum Gasteiger partial charge on any atom is 0.233 e. The van der Waals surface area contributed by atoms with Crippen LogP contribution in [0.4, 0.5) is 0 Å². The number of hydrogen-bond acceptors (Lipinski definition) is 6. The van der Waals surface area contributed by atoms with Crippen LogP contribution in [0.25, 0.3) is 0 Å². The second kappa shape index (κ2) is 7.05. The minimum Gasteiger partial charge on any atom is -0.508 e. The molecule has 0 unspecified atom stereocenters. The molecule has 0 spiro atoms. The first kappa shape index (κ1) is 20.0. The molecule has 2 saturated heterocycles. The summed E-state index contributed by atoms with van der Waals surface area (Å²) in [5.74, 6) is -3.66. The number of amides is 2. The molecule has 158 valence electrons. The number of aliphatic hydroxyl groups is 1. The first-order chi connectivity index (χ1) is 14.3. The Kier molecular flexibility index (Phi) is 4.70. The molecule has 3 heterocycles. The van der Waals surface area contributed by atoms with E-state index in [0.29, 0.717) is 23.4 Å². The van der Waals surface area contributed by atoms with E-state index in [0.717, 1.165) is 4.88 Å². The summed E-state index contributed by atoms with van der Waals surface area (Å²) in [7, 11) is 0. The summed E-state index contributed by atoms with van der Waals surface area (Å²) >= 11 is 7.82. The highest BCUT2D eigenvalue weighted by Crippen LogP contribution is 2.58. The number of imide groups is 1. The van der Waals surface area contributed by atoms with Gasteiger partial charge in [-0.2, -0.15) is 0 Å². The standard InChI is InChI=1S/C22H22ClNO5S/c1-11-7-15-19(21(27)24(20(15)26)10-13-3-2-6-30-13)16-9-18(29-22(11,16)28)14-5-4-12(25)8-17(14)23/h2-6,8,11,15-16,18-19,25,28H,7,9-10H2,1H3/t11-,15-,16-,18-,19-,22+/m0/s1. The molecule has 2 aromatic rings. The molecule has 5 rings (SSSR count). The average Bonchev–Trinajstić information content (AvgIpc) is 3.38. The molecule has 2 amide bonds. The molecule has 1 saturated carbocycles. The third-order valence-corrected chi connectivity index (χ3v) is 8.06. The molecule has 0 bridgehead atoms. The van der Waals surface area contributed by atoms with Crippen LogP contribution in [0.1, 0.15) is 36.3 Å². The van der Waals surface area contributed by atoms with Crippen LogP contribution in [0.2, 0.25) is 5.02 Å². The molecule has 1 aromatic heterocycles. The second-order valence-corrected chi connectivity index (χ2v) is 9.96. The van der Waals surface area contributed by atoms with E-state index >= 15 is 0 Å². The molecule has 3 aliphatic rings. The van der Waals surface area contributed by atoms with E-state index in [9.17, 15) is 19.8 Å². The summed E-state index contributed by atoms with van der Waals surface area (Å²) in [5.41, 5.74) is 0.660. The smallest absolute Gasteiger partial charge is 0.233 e. The first-order valence-corrected chi connectivity index (χ1v) is 11.3. The van der Waals surface area contributed by atoms with Crippen LogP contribution in [0.5, 0.6) is 5.75 Å². The Morgan fingerprint density at radius 2 is 2.07 bits per heavy atom. The van der Waals surface area contributed by atoms with Crippen LogP contribution in [0.3, 0.4) is 0 Å². The number of nitrogens with zero attached hydrogens (tertiary/aromatic N) is 1. The van der Waals surface area contributed by atoms with Gasteiger partial charge in [0.25, 0.3) is 0 Å². The highest BCUT2D eigenvalue weighted by Gasteiger charge is 2.65. The van der Waals surface area contributed by atoms with Crippen LogP contribution >= 0.6 is 22.9 Å². The summed E-state index contributed by atoms with van der Waals surface area (Å²) in [6, 6.07) is 8.45. The minimum absolute atomic E-state index is 0.0482. The summed E-state index contributed by atoms with van der Waals surface area (Å²) in [6.45, 7) is 2.14. The van der Waals surface area contributed by atoms with Gasteiger partial charge in [0.1, 0.15) is 5.75 Å². The summed E-state index contributed by atoms with van der Waals surface area (Å²) in [5, 5.41) is 23.4. The number of carbonyl (C=O) groups is 2. The van der Waals surface area contributed by atoms with Gasteiger partial charge in [0, 0.05) is 16.7 Å². The van der Waals surface area contributed by atoms with Crippen LogP contribution in [-0.4, -0.2) is 32.7 Å². The van der Waals surface area contributed by atoms with E-state index in [2.05, 4.69) is 0 Å². The number of fused-ring (bicyclic) bond motifs is 3. The topological polar surface area (TPSA) is 87.1 Å². The largest absolute Gasteiger partial charge is 0.508 e. The van der Waals surface area contributed by atoms with Crippen molar-refractivity contribution in [2.45, 2.75) is 38.2 Å². The monoisotopic (exact) mass is 447 g/mol. The fourth-order valence-corrected chi connectivity index (χ4v) is 6.38. The number of benzene rings is 1. The number of hydrogen-bond donors (Lipinski definition) is 2. The minimum atomic E-state index is -1.50. The van der Waals surface area contributed by atoms with Gasteiger partial charge in [0.15, 0.2) is 5.79 Å². The van der Waals surface area contributed by atoms with Crippen molar-refractivity contribution in [2.75, 3.05) is 0 Å². The number of aromatic hydroxyl groups is 1. The van der Waals surface area contributed by atoms with Crippen LogP contribution in [-0.2, 0) is 20.9 Å². The molecule has 3 fully saturated rings. The quantitative estimate of drug-likeness (QED) is 0.700. The number of likely N-dealkylation sites (tertiary alicyclic amines) is 1. The molecule has 30 heavy (non-hydrogen) atoms. The van der Waals surface area contributed by atoms with Crippen molar-refractivity contribution in [1.29, 1.82) is 0 Å². The molecule has 1 aromatic carbocycles. The van der Waals surface area contributed by atoms with Gasteiger partial charge in [-0.25, -0.2) is 0 Å². The van der Waals surface area contributed by atoms with E-state index in [1.54, 1.807) is 6.07 Å². The number of rotatable bonds is 3. The summed E-state index contributed by atoms with van der Waals surface area (Å²) in [6.07, 6.45) is 0.279. The fourth-order valence-electron chi connectivity index (χ4n) is 5.39. The molecule has 0 radical (unpaired) electrons. The van der Waals surface area contributed by atoms with Crippen molar-refractivity contribution in [3.8, 4) is 5.75 Å². The zero-order chi connectivity index (χ0) is 21.2. The Hall–Kier alpha value is -1.93. The van der Waals surface area contributed by atoms with E-state index in [1.807, 2.05) is 24.4 Å². The average molecular weight is 448 g/mol. The molecule has 2 N–H and O–H groups in total. The Bertz CT molecular complexity index is 1010. The van der Waals surface area contributed by atoms with Crippen molar-refractivity contribution in [3.63, 3.8) is 0 Å². The van der Waals surface area contributed by atoms with Crippen molar-refractivity contribution >= 4 is 34.8 Å². The van der Waals surface area contributed by atoms with E-state index in [-0.39, 0.29) is 30.0 Å². The lowest BCUT2D eigenvalue weighted by molar-refractivity contribution is -0.265. The molecular weight excluding hydrogens is 426 g/mol. The lowest BCUT2D eigenvalue weighted by atomic mass is 9.65. The van der Waals surface area contributed by atoms with Crippen molar-refractivity contribution < 1.29 is 24.5 Å². The molecule has 2 aliphatic heterocycles. The van der Waals surface area contributed by atoms with Crippen LogP contribution in [0, 0.1) is 23.7 Å². The van der Waals surface area contributed by atoms with E-state index in [4.69, 9.17) is 16.3 Å². The molecule has 8 heteroatoms. The van der Waals surface area contributed by atoms with Crippen LogP contribution in [0.15, 0.2) is 35.7 Å². The highest BCUT2D eigenvalue weighted by atomic mass is 35.5. The van der Waals surface area contributed by atoms with Gasteiger partial charge in [-0.3, -0.25) is 14.5 Å². The number of phenolic OH excluding ortho intramolecular Hbond substituents is 1. The van der Waals surface area contributed by atoms with Crippen molar-refractivity contribution in [1.82, 2.24) is 4.90 Å².